The third-order valence-electron chi connectivity index (χ3n) is 2.78. The zero-order valence-electron chi connectivity index (χ0n) is 11.8. The minimum absolute atomic E-state index is 0. The van der Waals surface area contributed by atoms with Crippen LogP contribution in [0.15, 0.2) is 30.3 Å². The highest BCUT2D eigenvalue weighted by atomic mass is 35.5. The van der Waals surface area contributed by atoms with Gasteiger partial charge in [-0.25, -0.2) is 4.68 Å². The van der Waals surface area contributed by atoms with Crippen molar-refractivity contribution in [2.24, 2.45) is 5.73 Å². The molecule has 0 bridgehead atoms. The van der Waals surface area contributed by atoms with E-state index in [-0.39, 0.29) is 18.3 Å². The molecule has 1 amide bonds. The van der Waals surface area contributed by atoms with Gasteiger partial charge < -0.3 is 11.1 Å². The summed E-state index contributed by atoms with van der Waals surface area (Å²) in [5.74, 6) is -0.203. The van der Waals surface area contributed by atoms with Crippen LogP contribution in [0.1, 0.15) is 18.3 Å². The van der Waals surface area contributed by atoms with Gasteiger partial charge in [-0.3, -0.25) is 4.79 Å². The number of nitrogens with zero attached hydrogens (tertiary/aromatic N) is 2. The Labute approximate surface area is 124 Å². The summed E-state index contributed by atoms with van der Waals surface area (Å²) >= 11 is 0. The molecule has 1 aromatic heterocycles. The summed E-state index contributed by atoms with van der Waals surface area (Å²) < 4.78 is 1.84. The first-order valence-electron chi connectivity index (χ1n) is 6.17. The number of anilines is 1. The van der Waals surface area contributed by atoms with Gasteiger partial charge in [0.15, 0.2) is 0 Å². The smallest absolute Gasteiger partial charge is 0.240 e. The maximum absolute atomic E-state index is 11.6. The summed E-state index contributed by atoms with van der Waals surface area (Å²) in [5.41, 5.74) is 9.17. The van der Waals surface area contributed by atoms with Crippen molar-refractivity contribution in [1.29, 1.82) is 0 Å². The van der Waals surface area contributed by atoms with Crippen LogP contribution in [0, 0.1) is 13.8 Å². The van der Waals surface area contributed by atoms with E-state index in [0.29, 0.717) is 5.69 Å². The van der Waals surface area contributed by atoms with Gasteiger partial charge in [-0.05, 0) is 45.0 Å². The summed E-state index contributed by atoms with van der Waals surface area (Å²) in [6, 6.07) is 9.00. The number of carbonyl (C=O) groups is 1. The highest BCUT2D eigenvalue weighted by Gasteiger charge is 2.09. The van der Waals surface area contributed by atoms with Crippen LogP contribution in [-0.2, 0) is 4.79 Å². The third-order valence-corrected chi connectivity index (χ3v) is 2.78. The lowest BCUT2D eigenvalue weighted by Crippen LogP contribution is -2.32. The highest BCUT2D eigenvalue weighted by Crippen LogP contribution is 2.16. The largest absolute Gasteiger partial charge is 0.325 e. The maximum atomic E-state index is 11.6. The van der Waals surface area contributed by atoms with Gasteiger partial charge in [0.05, 0.1) is 17.4 Å². The van der Waals surface area contributed by atoms with E-state index in [2.05, 4.69) is 10.4 Å². The van der Waals surface area contributed by atoms with Gasteiger partial charge in [-0.2, -0.15) is 5.10 Å². The van der Waals surface area contributed by atoms with Crippen molar-refractivity contribution in [3.63, 3.8) is 0 Å². The number of benzene rings is 1. The van der Waals surface area contributed by atoms with Crippen molar-refractivity contribution in [2.45, 2.75) is 26.8 Å². The molecule has 0 aliphatic rings. The summed E-state index contributed by atoms with van der Waals surface area (Å²) in [5, 5.41) is 7.19. The zero-order chi connectivity index (χ0) is 14.0. The molecule has 0 fully saturated rings. The molecular formula is C14H19ClN4O. The molecule has 1 atom stereocenters. The number of hydrogen-bond donors (Lipinski definition) is 2. The Kier molecular flexibility index (Phi) is 5.30. The lowest BCUT2D eigenvalue weighted by atomic mass is 10.2. The van der Waals surface area contributed by atoms with Crippen molar-refractivity contribution >= 4 is 24.0 Å². The van der Waals surface area contributed by atoms with Crippen LogP contribution in [0.4, 0.5) is 5.69 Å². The number of aromatic nitrogens is 2. The Hall–Kier alpha value is -1.85. The highest BCUT2D eigenvalue weighted by molar-refractivity contribution is 5.94. The van der Waals surface area contributed by atoms with E-state index in [9.17, 15) is 4.79 Å². The predicted octanol–water partition coefficient (Wildman–Crippen LogP) is 2.20. The average Bonchev–Trinajstić information content (AvgIpc) is 2.68. The average molecular weight is 295 g/mol. The quantitative estimate of drug-likeness (QED) is 0.911. The zero-order valence-corrected chi connectivity index (χ0v) is 12.6. The Morgan fingerprint density at radius 1 is 1.35 bits per heavy atom. The Balaban J connectivity index is 0.00000200. The van der Waals surface area contributed by atoms with Crippen LogP contribution in [0.3, 0.4) is 0 Å². The lowest BCUT2D eigenvalue weighted by molar-refractivity contribution is -0.117. The van der Waals surface area contributed by atoms with Crippen molar-refractivity contribution in [3.8, 4) is 5.69 Å². The molecule has 5 nitrogen and oxygen atoms in total. The van der Waals surface area contributed by atoms with E-state index >= 15 is 0 Å². The summed E-state index contributed by atoms with van der Waals surface area (Å²) in [7, 11) is 0. The first kappa shape index (κ1) is 16.2. The van der Waals surface area contributed by atoms with Crippen molar-refractivity contribution in [2.75, 3.05) is 5.32 Å². The molecule has 1 heterocycles. The van der Waals surface area contributed by atoms with E-state index in [0.717, 1.165) is 17.1 Å². The van der Waals surface area contributed by atoms with Crippen LogP contribution in [-0.4, -0.2) is 21.7 Å². The van der Waals surface area contributed by atoms with E-state index in [1.54, 1.807) is 6.92 Å². The van der Waals surface area contributed by atoms with Crippen LogP contribution in [0.25, 0.3) is 5.69 Å². The first-order valence-corrected chi connectivity index (χ1v) is 6.17. The van der Waals surface area contributed by atoms with E-state index < -0.39 is 6.04 Å². The number of aryl methyl sites for hydroxylation is 2. The molecule has 2 rings (SSSR count). The molecule has 2 aromatic rings. The van der Waals surface area contributed by atoms with E-state index in [4.69, 9.17) is 5.73 Å². The minimum Gasteiger partial charge on any atom is -0.325 e. The number of nitrogens with two attached hydrogens (primary N) is 1. The molecule has 0 radical (unpaired) electrons. The topological polar surface area (TPSA) is 72.9 Å². The predicted molar refractivity (Wildman–Crippen MR) is 82.6 cm³/mol. The molecule has 0 aliphatic heterocycles. The van der Waals surface area contributed by atoms with Crippen molar-refractivity contribution in [1.82, 2.24) is 9.78 Å². The molecule has 0 saturated carbocycles. The number of halogens is 1. The molecule has 3 N–H and O–H groups in total. The van der Waals surface area contributed by atoms with E-state index in [1.165, 1.54) is 0 Å². The Morgan fingerprint density at radius 3 is 2.60 bits per heavy atom. The fraction of sp³-hybridized carbons (Fsp3) is 0.286. The number of amides is 1. The van der Waals surface area contributed by atoms with Crippen molar-refractivity contribution < 1.29 is 4.79 Å². The normalized spacial score (nSPS) is 11.6. The monoisotopic (exact) mass is 294 g/mol. The van der Waals surface area contributed by atoms with Crippen LogP contribution < -0.4 is 11.1 Å². The standard InChI is InChI=1S/C14H18N4O.ClH/c1-9-7-10(2)18(17-9)13-6-4-5-12(8-13)16-14(19)11(3)15;/h4-8,11H,15H2,1-3H3,(H,16,19);1H/t11-;/m1./s1. The number of rotatable bonds is 3. The molecule has 20 heavy (non-hydrogen) atoms. The second kappa shape index (κ2) is 6.54. The van der Waals surface area contributed by atoms with Crippen LogP contribution in [0.2, 0.25) is 0 Å². The van der Waals surface area contributed by atoms with Gasteiger partial charge >= 0.3 is 0 Å². The fourth-order valence-corrected chi connectivity index (χ4v) is 1.86. The number of hydrogen-bond acceptors (Lipinski definition) is 3. The summed E-state index contributed by atoms with van der Waals surface area (Å²) in [4.78, 5) is 11.6. The van der Waals surface area contributed by atoms with Gasteiger partial charge in [-0.15, -0.1) is 12.4 Å². The van der Waals surface area contributed by atoms with Gasteiger partial charge in [0, 0.05) is 11.4 Å². The van der Waals surface area contributed by atoms with Gasteiger partial charge in [-0.1, -0.05) is 6.07 Å². The molecule has 1 aromatic carbocycles. The summed E-state index contributed by atoms with van der Waals surface area (Å²) in [6.45, 7) is 5.60. The third kappa shape index (κ3) is 3.59. The second-order valence-electron chi connectivity index (χ2n) is 4.67. The summed E-state index contributed by atoms with van der Waals surface area (Å²) in [6.07, 6.45) is 0. The number of carbonyl (C=O) groups excluding carboxylic acids is 1. The molecule has 0 unspecified atom stereocenters. The number of nitrogens with one attached hydrogen (secondary N) is 1. The lowest BCUT2D eigenvalue weighted by Gasteiger charge is -2.10. The van der Waals surface area contributed by atoms with Crippen LogP contribution in [0.5, 0.6) is 0 Å². The molecular weight excluding hydrogens is 276 g/mol. The van der Waals surface area contributed by atoms with Gasteiger partial charge in [0.2, 0.25) is 5.91 Å². The molecule has 108 valence electrons. The molecule has 6 heteroatoms. The Bertz CT molecular complexity index is 607. The molecule has 0 saturated heterocycles. The second-order valence-corrected chi connectivity index (χ2v) is 4.67. The minimum atomic E-state index is -0.530. The van der Waals surface area contributed by atoms with Gasteiger partial charge in [0.1, 0.15) is 0 Å². The van der Waals surface area contributed by atoms with E-state index in [1.807, 2.05) is 48.9 Å². The fourth-order valence-electron chi connectivity index (χ4n) is 1.86. The maximum Gasteiger partial charge on any atom is 0.240 e. The first-order chi connectivity index (χ1) is 8.97. The Morgan fingerprint density at radius 2 is 2.05 bits per heavy atom. The SMILES string of the molecule is Cc1cc(C)n(-c2cccc(NC(=O)[C@@H](C)N)c2)n1.Cl. The van der Waals surface area contributed by atoms with Crippen molar-refractivity contribution in [3.05, 3.63) is 41.7 Å². The molecule has 0 spiro atoms. The van der Waals surface area contributed by atoms with Crippen LogP contribution >= 0.6 is 12.4 Å². The molecule has 0 aliphatic carbocycles. The van der Waals surface area contributed by atoms with Gasteiger partial charge in [0.25, 0.3) is 0 Å².